The summed E-state index contributed by atoms with van der Waals surface area (Å²) < 4.78 is 10.5. The summed E-state index contributed by atoms with van der Waals surface area (Å²) in [6, 6.07) is 0. The van der Waals surface area contributed by atoms with Crippen LogP contribution < -0.4 is 10.9 Å². The maximum absolute atomic E-state index is 11.0. The van der Waals surface area contributed by atoms with Gasteiger partial charge in [0.1, 0.15) is 6.61 Å². The summed E-state index contributed by atoms with van der Waals surface area (Å²) >= 11 is 0. The number of nitrogens with one attached hydrogen (secondary N) is 2. The fourth-order valence-electron chi connectivity index (χ4n) is 1.41. The van der Waals surface area contributed by atoms with Crippen LogP contribution in [0.15, 0.2) is 0 Å². The molecule has 0 spiro atoms. The lowest BCUT2D eigenvalue weighted by Crippen LogP contribution is -2.37. The predicted octanol–water partition coefficient (Wildman–Crippen LogP) is -0.320. The van der Waals surface area contributed by atoms with Crippen molar-refractivity contribution in [1.82, 2.24) is 10.9 Å². The second-order valence-electron chi connectivity index (χ2n) is 3.37. The fourth-order valence-corrected chi connectivity index (χ4v) is 1.41. The van der Waals surface area contributed by atoms with Crippen LogP contribution in [0.5, 0.6) is 0 Å². The van der Waals surface area contributed by atoms with E-state index in [9.17, 15) is 4.79 Å². The van der Waals surface area contributed by atoms with E-state index in [4.69, 9.17) is 9.47 Å². The van der Waals surface area contributed by atoms with Gasteiger partial charge in [-0.15, -0.1) is 0 Å². The van der Waals surface area contributed by atoms with Crippen molar-refractivity contribution >= 4 is 5.91 Å². The Bertz CT molecular complexity index is 169. The summed E-state index contributed by atoms with van der Waals surface area (Å²) in [5.41, 5.74) is 5.00. The van der Waals surface area contributed by atoms with Crippen LogP contribution >= 0.6 is 0 Å². The van der Waals surface area contributed by atoms with Crippen LogP contribution in [-0.2, 0) is 14.3 Å². The first-order valence-corrected chi connectivity index (χ1v) is 4.94. The standard InChI is InChI=1S/C9H18N2O3/c1-10-11-9(12)7-14-6-8-2-4-13-5-3-8/h8,10H,2-7H2,1H3,(H,11,12). The zero-order chi connectivity index (χ0) is 10.2. The van der Waals surface area contributed by atoms with Crippen LogP contribution in [0.3, 0.4) is 0 Å². The summed E-state index contributed by atoms with van der Waals surface area (Å²) in [5.74, 6) is 0.408. The lowest BCUT2D eigenvalue weighted by atomic mass is 10.0. The molecule has 0 saturated carbocycles. The van der Waals surface area contributed by atoms with Gasteiger partial charge in [0.25, 0.3) is 5.91 Å². The Labute approximate surface area is 84.1 Å². The van der Waals surface area contributed by atoms with Crippen molar-refractivity contribution in [3.63, 3.8) is 0 Å². The molecule has 0 aromatic rings. The third-order valence-corrected chi connectivity index (χ3v) is 2.19. The zero-order valence-electron chi connectivity index (χ0n) is 8.54. The van der Waals surface area contributed by atoms with Gasteiger partial charge in [-0.2, -0.15) is 0 Å². The molecule has 5 nitrogen and oxygen atoms in total. The van der Waals surface area contributed by atoms with E-state index in [0.29, 0.717) is 12.5 Å². The molecule has 1 rings (SSSR count). The molecule has 14 heavy (non-hydrogen) atoms. The Morgan fingerprint density at radius 3 is 2.86 bits per heavy atom. The van der Waals surface area contributed by atoms with E-state index in [1.807, 2.05) is 0 Å². The third-order valence-electron chi connectivity index (χ3n) is 2.19. The first-order valence-electron chi connectivity index (χ1n) is 4.94. The molecule has 1 aliphatic rings. The molecule has 0 aromatic carbocycles. The van der Waals surface area contributed by atoms with Crippen LogP contribution in [0, 0.1) is 5.92 Å². The van der Waals surface area contributed by atoms with Gasteiger partial charge in [0.05, 0.1) is 6.61 Å². The van der Waals surface area contributed by atoms with Crippen molar-refractivity contribution in [2.45, 2.75) is 12.8 Å². The van der Waals surface area contributed by atoms with Gasteiger partial charge >= 0.3 is 0 Å². The van der Waals surface area contributed by atoms with Gasteiger partial charge in [-0.3, -0.25) is 10.2 Å². The average Bonchev–Trinajstić information content (AvgIpc) is 2.20. The highest BCUT2D eigenvalue weighted by Crippen LogP contribution is 2.14. The second kappa shape index (κ2) is 6.75. The number of ether oxygens (including phenoxy) is 2. The van der Waals surface area contributed by atoms with Crippen LogP contribution in [0.4, 0.5) is 0 Å². The molecule has 0 atom stereocenters. The van der Waals surface area contributed by atoms with Crippen LogP contribution in [-0.4, -0.2) is 39.4 Å². The molecular formula is C9H18N2O3. The lowest BCUT2D eigenvalue weighted by Gasteiger charge is -2.21. The summed E-state index contributed by atoms with van der Waals surface area (Å²) in [5, 5.41) is 0. The van der Waals surface area contributed by atoms with Gasteiger partial charge in [0, 0.05) is 20.3 Å². The Balaban J connectivity index is 1.99. The Morgan fingerprint density at radius 1 is 1.50 bits per heavy atom. The Morgan fingerprint density at radius 2 is 2.21 bits per heavy atom. The van der Waals surface area contributed by atoms with E-state index in [0.717, 1.165) is 26.1 Å². The van der Waals surface area contributed by atoms with E-state index in [1.165, 1.54) is 0 Å². The molecule has 82 valence electrons. The number of hydrazine groups is 1. The largest absolute Gasteiger partial charge is 0.381 e. The summed E-state index contributed by atoms with van der Waals surface area (Å²) in [6.07, 6.45) is 2.07. The maximum Gasteiger partial charge on any atom is 0.260 e. The number of rotatable bonds is 5. The Hall–Kier alpha value is -0.650. The highest BCUT2D eigenvalue weighted by Gasteiger charge is 2.14. The van der Waals surface area contributed by atoms with Gasteiger partial charge in [-0.1, -0.05) is 0 Å². The van der Waals surface area contributed by atoms with Gasteiger partial charge in [-0.05, 0) is 18.8 Å². The van der Waals surface area contributed by atoms with Crippen LogP contribution in [0.1, 0.15) is 12.8 Å². The SMILES string of the molecule is CNNC(=O)COCC1CCOCC1. The number of hydrogen-bond acceptors (Lipinski definition) is 4. The quantitative estimate of drug-likeness (QED) is 0.600. The maximum atomic E-state index is 11.0. The molecule has 0 aliphatic carbocycles. The molecule has 0 aromatic heterocycles. The summed E-state index contributed by atoms with van der Waals surface area (Å²) in [6.45, 7) is 2.41. The van der Waals surface area contributed by atoms with Gasteiger partial charge in [0.2, 0.25) is 0 Å². The van der Waals surface area contributed by atoms with Gasteiger partial charge in [-0.25, -0.2) is 5.43 Å². The van der Waals surface area contributed by atoms with Crippen molar-refractivity contribution in [2.75, 3.05) is 33.5 Å². The highest BCUT2D eigenvalue weighted by molar-refractivity contribution is 5.76. The summed E-state index contributed by atoms with van der Waals surface area (Å²) in [4.78, 5) is 11.0. The molecule has 1 fully saturated rings. The number of amides is 1. The molecule has 2 N–H and O–H groups in total. The Kier molecular flexibility index (Phi) is 5.51. The van der Waals surface area contributed by atoms with Crippen LogP contribution in [0.2, 0.25) is 0 Å². The normalized spacial score (nSPS) is 18.1. The minimum Gasteiger partial charge on any atom is -0.381 e. The van der Waals surface area contributed by atoms with Crippen molar-refractivity contribution in [2.24, 2.45) is 5.92 Å². The number of hydrogen-bond donors (Lipinski definition) is 2. The van der Waals surface area contributed by atoms with E-state index >= 15 is 0 Å². The number of carbonyl (C=O) groups excluding carboxylic acids is 1. The molecule has 1 saturated heterocycles. The first-order chi connectivity index (χ1) is 6.83. The molecule has 0 radical (unpaired) electrons. The third kappa shape index (κ3) is 4.55. The van der Waals surface area contributed by atoms with Crippen molar-refractivity contribution in [3.8, 4) is 0 Å². The molecule has 0 unspecified atom stereocenters. The zero-order valence-corrected chi connectivity index (χ0v) is 8.54. The molecule has 5 heteroatoms. The fraction of sp³-hybridized carbons (Fsp3) is 0.889. The van der Waals surface area contributed by atoms with E-state index < -0.39 is 0 Å². The van der Waals surface area contributed by atoms with E-state index in [2.05, 4.69) is 10.9 Å². The van der Waals surface area contributed by atoms with Gasteiger partial charge < -0.3 is 9.47 Å². The molecule has 0 bridgehead atoms. The lowest BCUT2D eigenvalue weighted by molar-refractivity contribution is -0.127. The average molecular weight is 202 g/mol. The predicted molar refractivity (Wildman–Crippen MR) is 51.6 cm³/mol. The van der Waals surface area contributed by atoms with E-state index in [1.54, 1.807) is 7.05 Å². The molecule has 1 heterocycles. The monoisotopic (exact) mass is 202 g/mol. The highest BCUT2D eigenvalue weighted by atomic mass is 16.5. The molecule has 1 aliphatic heterocycles. The van der Waals surface area contributed by atoms with E-state index in [-0.39, 0.29) is 12.5 Å². The first kappa shape index (κ1) is 11.4. The minimum absolute atomic E-state index is 0.123. The number of carbonyl (C=O) groups is 1. The topological polar surface area (TPSA) is 59.6 Å². The van der Waals surface area contributed by atoms with Gasteiger partial charge in [0.15, 0.2) is 0 Å². The van der Waals surface area contributed by atoms with Crippen molar-refractivity contribution in [1.29, 1.82) is 0 Å². The van der Waals surface area contributed by atoms with Crippen LogP contribution in [0.25, 0.3) is 0 Å². The summed E-state index contributed by atoms with van der Waals surface area (Å²) in [7, 11) is 1.65. The molecule has 1 amide bonds. The smallest absolute Gasteiger partial charge is 0.260 e. The minimum atomic E-state index is -0.139. The van der Waals surface area contributed by atoms with Crippen molar-refractivity contribution < 1.29 is 14.3 Å². The second-order valence-corrected chi connectivity index (χ2v) is 3.37. The molecular weight excluding hydrogens is 184 g/mol. The van der Waals surface area contributed by atoms with Crippen molar-refractivity contribution in [3.05, 3.63) is 0 Å².